The molecule has 1 aromatic carbocycles. The summed E-state index contributed by atoms with van der Waals surface area (Å²) in [5, 5.41) is 2.78. The number of amides is 3. The number of ether oxygens (including phenoxy) is 1. The number of imide groups is 1. The van der Waals surface area contributed by atoms with Gasteiger partial charge in [-0.15, -0.1) is 0 Å². The molecular weight excluding hydrogens is 382 g/mol. The highest BCUT2D eigenvalue weighted by molar-refractivity contribution is 6.11. The number of hydrogen-bond acceptors (Lipinski definition) is 4. The average molecular weight is 412 g/mol. The van der Waals surface area contributed by atoms with Gasteiger partial charge >= 0.3 is 6.03 Å². The molecular formula is C23H29N3O4. The summed E-state index contributed by atoms with van der Waals surface area (Å²) in [6.45, 7) is 8.51. The minimum atomic E-state index is -1.18. The number of hydrogen-bond donors (Lipinski definition) is 1. The predicted molar refractivity (Wildman–Crippen MR) is 114 cm³/mol. The number of aromatic nitrogens is 1. The van der Waals surface area contributed by atoms with Gasteiger partial charge in [0, 0.05) is 37.2 Å². The zero-order chi connectivity index (χ0) is 22.1. The van der Waals surface area contributed by atoms with E-state index in [1.807, 2.05) is 51.1 Å². The van der Waals surface area contributed by atoms with E-state index in [4.69, 9.17) is 4.74 Å². The van der Waals surface area contributed by atoms with E-state index >= 15 is 0 Å². The van der Waals surface area contributed by atoms with E-state index in [0.717, 1.165) is 40.4 Å². The Labute approximate surface area is 177 Å². The lowest BCUT2D eigenvalue weighted by Crippen LogP contribution is -2.42. The van der Waals surface area contributed by atoms with Crippen LogP contribution in [0.5, 0.6) is 0 Å². The fourth-order valence-electron chi connectivity index (χ4n) is 4.18. The van der Waals surface area contributed by atoms with Crippen LogP contribution >= 0.6 is 0 Å². The monoisotopic (exact) mass is 411 g/mol. The topological polar surface area (TPSA) is 80.6 Å². The maximum Gasteiger partial charge on any atom is 0.325 e. The molecule has 0 saturated carbocycles. The molecule has 1 aliphatic heterocycles. The second-order valence-corrected chi connectivity index (χ2v) is 7.97. The summed E-state index contributed by atoms with van der Waals surface area (Å²) >= 11 is 0. The zero-order valence-corrected chi connectivity index (χ0v) is 18.2. The highest BCUT2D eigenvalue weighted by Crippen LogP contribution is 2.31. The normalized spacial score (nSPS) is 18.8. The van der Waals surface area contributed by atoms with Gasteiger partial charge in [-0.25, -0.2) is 4.79 Å². The molecule has 1 atom stereocenters. The molecule has 1 N–H and O–H groups in total. The van der Waals surface area contributed by atoms with Crippen molar-refractivity contribution in [1.82, 2.24) is 14.8 Å². The Balaban J connectivity index is 1.81. The number of nitrogens with one attached hydrogen (secondary N) is 1. The van der Waals surface area contributed by atoms with Gasteiger partial charge in [0.2, 0.25) is 0 Å². The number of rotatable bonds is 8. The van der Waals surface area contributed by atoms with Crippen LogP contribution in [0.15, 0.2) is 30.3 Å². The maximum absolute atomic E-state index is 13.2. The molecule has 0 bridgehead atoms. The Hall–Kier alpha value is -2.93. The number of Topliss-reactive ketones (excluding diaryl/α,β-unsaturated/α-hetero) is 1. The van der Waals surface area contributed by atoms with Gasteiger partial charge in [0.1, 0.15) is 5.54 Å². The van der Waals surface area contributed by atoms with E-state index < -0.39 is 17.5 Å². The van der Waals surface area contributed by atoms with Gasteiger partial charge in [-0.3, -0.25) is 14.5 Å². The van der Waals surface area contributed by atoms with Crippen molar-refractivity contribution in [3.05, 3.63) is 58.4 Å². The van der Waals surface area contributed by atoms with E-state index in [9.17, 15) is 14.4 Å². The summed E-state index contributed by atoms with van der Waals surface area (Å²) in [7, 11) is 1.66. The van der Waals surface area contributed by atoms with Crippen LogP contribution in [0.25, 0.3) is 0 Å². The number of ketones is 1. The molecule has 2 heterocycles. The Bertz CT molecular complexity index is 994. The Morgan fingerprint density at radius 3 is 2.53 bits per heavy atom. The van der Waals surface area contributed by atoms with Crippen molar-refractivity contribution in [3.8, 4) is 0 Å². The van der Waals surface area contributed by atoms with Crippen molar-refractivity contribution in [3.63, 3.8) is 0 Å². The van der Waals surface area contributed by atoms with E-state index in [-0.39, 0.29) is 12.3 Å². The van der Waals surface area contributed by atoms with E-state index in [1.165, 1.54) is 0 Å². The van der Waals surface area contributed by atoms with Crippen LogP contribution in [0.2, 0.25) is 0 Å². The van der Waals surface area contributed by atoms with Gasteiger partial charge in [0.05, 0.1) is 6.54 Å². The molecule has 7 heteroatoms. The SMILES string of the molecule is COCCCn1c(C)cc(C(=O)CN2C(=O)NC(C)(c3ccccc3C)C2=O)c1C. The first-order valence-electron chi connectivity index (χ1n) is 10.1. The van der Waals surface area contributed by atoms with E-state index in [0.29, 0.717) is 12.2 Å². The smallest absolute Gasteiger partial charge is 0.325 e. The zero-order valence-electron chi connectivity index (χ0n) is 18.2. The van der Waals surface area contributed by atoms with Crippen molar-refractivity contribution in [2.75, 3.05) is 20.3 Å². The molecule has 3 amide bonds. The second kappa shape index (κ2) is 8.44. The molecule has 160 valence electrons. The molecule has 0 radical (unpaired) electrons. The van der Waals surface area contributed by atoms with Crippen LogP contribution in [0.3, 0.4) is 0 Å². The van der Waals surface area contributed by atoms with Crippen LogP contribution in [0.4, 0.5) is 4.79 Å². The van der Waals surface area contributed by atoms with Crippen LogP contribution in [0.1, 0.15) is 46.2 Å². The molecule has 1 saturated heterocycles. The number of nitrogens with zero attached hydrogens (tertiary/aromatic N) is 2. The highest BCUT2D eigenvalue weighted by atomic mass is 16.5. The number of urea groups is 1. The third-order valence-electron chi connectivity index (χ3n) is 5.86. The number of aryl methyl sites for hydroxylation is 2. The van der Waals surface area contributed by atoms with Gasteiger partial charge in [0.25, 0.3) is 5.91 Å². The highest BCUT2D eigenvalue weighted by Gasteiger charge is 2.50. The first-order chi connectivity index (χ1) is 14.2. The van der Waals surface area contributed by atoms with Crippen molar-refractivity contribution >= 4 is 17.7 Å². The Kier molecular flexibility index (Phi) is 6.12. The van der Waals surface area contributed by atoms with Crippen LogP contribution < -0.4 is 5.32 Å². The molecule has 30 heavy (non-hydrogen) atoms. The second-order valence-electron chi connectivity index (χ2n) is 7.97. The molecule has 1 aliphatic rings. The molecule has 1 fully saturated rings. The van der Waals surface area contributed by atoms with Crippen LogP contribution in [-0.2, 0) is 21.6 Å². The quantitative estimate of drug-likeness (QED) is 0.411. The maximum atomic E-state index is 13.2. The van der Waals surface area contributed by atoms with Gasteiger partial charge in [-0.1, -0.05) is 24.3 Å². The average Bonchev–Trinajstić information content (AvgIpc) is 3.10. The Morgan fingerprint density at radius 1 is 1.17 bits per heavy atom. The lowest BCUT2D eigenvalue weighted by Gasteiger charge is -2.24. The molecule has 0 spiro atoms. The number of carbonyl (C=O) groups is 3. The Morgan fingerprint density at radius 2 is 1.87 bits per heavy atom. The van der Waals surface area contributed by atoms with Crippen molar-refractivity contribution in [2.24, 2.45) is 0 Å². The lowest BCUT2D eigenvalue weighted by atomic mass is 9.88. The lowest BCUT2D eigenvalue weighted by molar-refractivity contribution is -0.130. The van der Waals surface area contributed by atoms with Crippen LogP contribution in [-0.4, -0.2) is 47.4 Å². The largest absolute Gasteiger partial charge is 0.385 e. The summed E-state index contributed by atoms with van der Waals surface area (Å²) in [5.41, 5.74) is 2.79. The van der Waals surface area contributed by atoms with Gasteiger partial charge in [0.15, 0.2) is 5.78 Å². The molecule has 7 nitrogen and oxygen atoms in total. The molecule has 3 rings (SSSR count). The third-order valence-corrected chi connectivity index (χ3v) is 5.86. The molecule has 1 aromatic heterocycles. The number of benzene rings is 1. The number of carbonyl (C=O) groups excluding carboxylic acids is 3. The summed E-state index contributed by atoms with van der Waals surface area (Å²) in [6.07, 6.45) is 0.836. The summed E-state index contributed by atoms with van der Waals surface area (Å²) < 4.78 is 7.17. The summed E-state index contributed by atoms with van der Waals surface area (Å²) in [6, 6.07) is 8.71. The summed E-state index contributed by atoms with van der Waals surface area (Å²) in [4.78, 5) is 39.8. The predicted octanol–water partition coefficient (Wildman–Crippen LogP) is 3.10. The fourth-order valence-corrected chi connectivity index (χ4v) is 4.18. The van der Waals surface area contributed by atoms with E-state index in [2.05, 4.69) is 9.88 Å². The fraction of sp³-hybridized carbons (Fsp3) is 0.435. The molecule has 0 aliphatic carbocycles. The molecule has 2 aromatic rings. The minimum absolute atomic E-state index is 0.251. The first kappa shape index (κ1) is 21.8. The number of methoxy groups -OCH3 is 1. The van der Waals surface area contributed by atoms with Gasteiger partial charge in [-0.2, -0.15) is 0 Å². The summed E-state index contributed by atoms with van der Waals surface area (Å²) in [5.74, 6) is -0.664. The van der Waals surface area contributed by atoms with Gasteiger partial charge in [-0.05, 0) is 51.3 Å². The van der Waals surface area contributed by atoms with Crippen molar-refractivity contribution < 1.29 is 19.1 Å². The van der Waals surface area contributed by atoms with Gasteiger partial charge < -0.3 is 14.6 Å². The standard InChI is InChI=1S/C23H29N3O4/c1-15-9-6-7-10-19(15)23(4)21(28)26(22(29)24-23)14-20(27)18-13-16(2)25(17(18)3)11-8-12-30-5/h6-7,9-10,13H,8,11-12,14H2,1-5H3,(H,24,29). The molecule has 1 unspecified atom stereocenters. The van der Waals surface area contributed by atoms with E-state index in [1.54, 1.807) is 14.0 Å². The van der Waals surface area contributed by atoms with Crippen molar-refractivity contribution in [1.29, 1.82) is 0 Å². The third kappa shape index (κ3) is 3.77. The van der Waals surface area contributed by atoms with Crippen LogP contribution in [0, 0.1) is 20.8 Å². The first-order valence-corrected chi connectivity index (χ1v) is 10.1. The van der Waals surface area contributed by atoms with Crippen molar-refractivity contribution in [2.45, 2.75) is 46.2 Å². The minimum Gasteiger partial charge on any atom is -0.385 e.